The highest BCUT2D eigenvalue weighted by Crippen LogP contribution is 2.20. The lowest BCUT2D eigenvalue weighted by Gasteiger charge is -2.07. The molecule has 0 aliphatic rings. The Balaban J connectivity index is 2.48. The van der Waals surface area contributed by atoms with E-state index in [2.05, 4.69) is 13.8 Å². The van der Waals surface area contributed by atoms with E-state index in [0.717, 1.165) is 16.3 Å². The highest BCUT2D eigenvalue weighted by Gasteiger charge is 2.10. The van der Waals surface area contributed by atoms with Crippen LogP contribution in [0.25, 0.3) is 10.8 Å². The summed E-state index contributed by atoms with van der Waals surface area (Å²) in [7, 11) is 0. The summed E-state index contributed by atoms with van der Waals surface area (Å²) in [6.45, 7) is 4.14. The molecule has 0 atom stereocenters. The predicted molar refractivity (Wildman–Crippen MR) is 67.7 cm³/mol. The third kappa shape index (κ3) is 2.13. The van der Waals surface area contributed by atoms with Gasteiger partial charge in [0.25, 0.3) is 0 Å². The Bertz CT molecular complexity index is 506. The fourth-order valence-electron chi connectivity index (χ4n) is 1.95. The molecule has 0 unspecified atom stereocenters. The largest absolute Gasteiger partial charge is 0.294 e. The van der Waals surface area contributed by atoms with Crippen LogP contribution in [0, 0.1) is 5.92 Å². The van der Waals surface area contributed by atoms with Gasteiger partial charge in [0.05, 0.1) is 0 Å². The quantitative estimate of drug-likeness (QED) is 0.701. The van der Waals surface area contributed by atoms with Gasteiger partial charge in [0.1, 0.15) is 0 Å². The molecule has 0 saturated heterocycles. The van der Waals surface area contributed by atoms with Crippen molar-refractivity contribution < 1.29 is 4.79 Å². The van der Waals surface area contributed by atoms with Crippen molar-refractivity contribution in [2.75, 3.05) is 0 Å². The molecular formula is C15H16O. The van der Waals surface area contributed by atoms with Crippen LogP contribution in [0.3, 0.4) is 0 Å². The second-order valence-corrected chi connectivity index (χ2v) is 4.55. The highest BCUT2D eigenvalue weighted by atomic mass is 16.1. The fourth-order valence-corrected chi connectivity index (χ4v) is 1.95. The summed E-state index contributed by atoms with van der Waals surface area (Å²) < 4.78 is 0. The molecule has 2 rings (SSSR count). The van der Waals surface area contributed by atoms with E-state index in [1.54, 1.807) is 0 Å². The van der Waals surface area contributed by atoms with Crippen molar-refractivity contribution in [3.8, 4) is 0 Å². The van der Waals surface area contributed by atoms with Gasteiger partial charge in [-0.1, -0.05) is 56.3 Å². The summed E-state index contributed by atoms with van der Waals surface area (Å²) in [5, 5.41) is 2.20. The van der Waals surface area contributed by atoms with Crippen molar-refractivity contribution in [1.82, 2.24) is 0 Å². The SMILES string of the molecule is CC(C)CC(=O)c1cccc2ccccc12. The minimum absolute atomic E-state index is 0.242. The minimum atomic E-state index is 0.242. The third-order valence-electron chi connectivity index (χ3n) is 2.68. The first-order valence-electron chi connectivity index (χ1n) is 5.69. The maximum atomic E-state index is 12.1. The summed E-state index contributed by atoms with van der Waals surface area (Å²) in [6, 6.07) is 14.0. The number of hydrogen-bond acceptors (Lipinski definition) is 1. The predicted octanol–water partition coefficient (Wildman–Crippen LogP) is 4.07. The van der Waals surface area contributed by atoms with E-state index in [4.69, 9.17) is 0 Å². The lowest BCUT2D eigenvalue weighted by Crippen LogP contribution is -2.03. The minimum Gasteiger partial charge on any atom is -0.294 e. The van der Waals surface area contributed by atoms with Crippen molar-refractivity contribution in [1.29, 1.82) is 0 Å². The molecule has 1 heteroatoms. The maximum absolute atomic E-state index is 12.1. The first-order chi connectivity index (χ1) is 7.68. The number of carbonyl (C=O) groups excluding carboxylic acids is 1. The normalized spacial score (nSPS) is 10.9. The van der Waals surface area contributed by atoms with Gasteiger partial charge in [-0.15, -0.1) is 0 Å². The van der Waals surface area contributed by atoms with Gasteiger partial charge in [0, 0.05) is 12.0 Å². The van der Waals surface area contributed by atoms with Crippen LogP contribution in [-0.2, 0) is 0 Å². The molecule has 2 aromatic rings. The average molecular weight is 212 g/mol. The zero-order valence-corrected chi connectivity index (χ0v) is 9.73. The maximum Gasteiger partial charge on any atom is 0.163 e. The first-order valence-corrected chi connectivity index (χ1v) is 5.69. The molecule has 0 fully saturated rings. The van der Waals surface area contributed by atoms with Crippen LogP contribution in [0.5, 0.6) is 0 Å². The molecular weight excluding hydrogens is 196 g/mol. The zero-order chi connectivity index (χ0) is 11.5. The van der Waals surface area contributed by atoms with E-state index in [9.17, 15) is 4.79 Å². The third-order valence-corrected chi connectivity index (χ3v) is 2.68. The Morgan fingerprint density at radius 1 is 1.06 bits per heavy atom. The second kappa shape index (κ2) is 4.48. The molecule has 2 aromatic carbocycles. The van der Waals surface area contributed by atoms with Crippen molar-refractivity contribution in [2.24, 2.45) is 5.92 Å². The fraction of sp³-hybridized carbons (Fsp3) is 0.267. The lowest BCUT2D eigenvalue weighted by molar-refractivity contribution is 0.0969. The van der Waals surface area contributed by atoms with E-state index >= 15 is 0 Å². The Morgan fingerprint density at radius 3 is 2.50 bits per heavy atom. The van der Waals surface area contributed by atoms with Gasteiger partial charge in [-0.3, -0.25) is 4.79 Å². The smallest absolute Gasteiger partial charge is 0.163 e. The van der Waals surface area contributed by atoms with Crippen LogP contribution in [-0.4, -0.2) is 5.78 Å². The summed E-state index contributed by atoms with van der Waals surface area (Å²) in [4.78, 5) is 12.1. The molecule has 0 spiro atoms. The second-order valence-electron chi connectivity index (χ2n) is 4.55. The van der Waals surface area contributed by atoms with E-state index in [0.29, 0.717) is 12.3 Å². The molecule has 16 heavy (non-hydrogen) atoms. The molecule has 1 nitrogen and oxygen atoms in total. The van der Waals surface area contributed by atoms with Gasteiger partial charge >= 0.3 is 0 Å². The summed E-state index contributed by atoms with van der Waals surface area (Å²) in [6.07, 6.45) is 0.619. The van der Waals surface area contributed by atoms with E-state index < -0.39 is 0 Å². The molecule has 0 aliphatic carbocycles. The highest BCUT2D eigenvalue weighted by molar-refractivity contribution is 6.08. The number of rotatable bonds is 3. The molecule has 0 radical (unpaired) electrons. The topological polar surface area (TPSA) is 17.1 Å². The first kappa shape index (κ1) is 10.9. The van der Waals surface area contributed by atoms with Crippen LogP contribution >= 0.6 is 0 Å². The molecule has 0 saturated carbocycles. The average Bonchev–Trinajstić information content (AvgIpc) is 2.27. The van der Waals surface area contributed by atoms with Gasteiger partial charge < -0.3 is 0 Å². The van der Waals surface area contributed by atoms with Crippen molar-refractivity contribution >= 4 is 16.6 Å². The molecule has 0 heterocycles. The molecule has 0 aromatic heterocycles. The van der Waals surface area contributed by atoms with Gasteiger partial charge in [-0.25, -0.2) is 0 Å². The van der Waals surface area contributed by atoms with Crippen LogP contribution in [0.2, 0.25) is 0 Å². The molecule has 0 N–H and O–H groups in total. The number of ketones is 1. The summed E-state index contributed by atoms with van der Waals surface area (Å²) >= 11 is 0. The number of fused-ring (bicyclic) bond motifs is 1. The van der Waals surface area contributed by atoms with Crippen LogP contribution < -0.4 is 0 Å². The Labute approximate surface area is 96.1 Å². The Hall–Kier alpha value is -1.63. The summed E-state index contributed by atoms with van der Waals surface area (Å²) in [5.74, 6) is 0.651. The monoisotopic (exact) mass is 212 g/mol. The van der Waals surface area contributed by atoms with Gasteiger partial charge in [0.15, 0.2) is 5.78 Å². The number of Topliss-reactive ketones (excluding diaryl/α,β-unsaturated/α-hetero) is 1. The summed E-state index contributed by atoms with van der Waals surface area (Å²) in [5.41, 5.74) is 0.854. The van der Waals surface area contributed by atoms with Crippen LogP contribution in [0.15, 0.2) is 42.5 Å². The number of benzene rings is 2. The van der Waals surface area contributed by atoms with E-state index in [-0.39, 0.29) is 5.78 Å². The lowest BCUT2D eigenvalue weighted by atomic mass is 9.96. The van der Waals surface area contributed by atoms with Crippen LogP contribution in [0.1, 0.15) is 30.6 Å². The van der Waals surface area contributed by atoms with Crippen molar-refractivity contribution in [2.45, 2.75) is 20.3 Å². The van der Waals surface area contributed by atoms with Crippen molar-refractivity contribution in [3.05, 3.63) is 48.0 Å². The van der Waals surface area contributed by atoms with E-state index in [1.165, 1.54) is 0 Å². The number of hydrogen-bond donors (Lipinski definition) is 0. The Morgan fingerprint density at radius 2 is 1.75 bits per heavy atom. The molecule has 0 bridgehead atoms. The van der Waals surface area contributed by atoms with Gasteiger partial charge in [-0.05, 0) is 16.7 Å². The van der Waals surface area contributed by atoms with Crippen LogP contribution in [0.4, 0.5) is 0 Å². The van der Waals surface area contributed by atoms with Crippen molar-refractivity contribution in [3.63, 3.8) is 0 Å². The van der Waals surface area contributed by atoms with E-state index in [1.807, 2.05) is 42.5 Å². The standard InChI is InChI=1S/C15H16O/c1-11(2)10-15(16)14-9-5-7-12-6-3-4-8-13(12)14/h3-9,11H,10H2,1-2H3. The molecule has 82 valence electrons. The Kier molecular flexibility index (Phi) is 3.04. The molecule has 0 amide bonds. The van der Waals surface area contributed by atoms with Gasteiger partial charge in [-0.2, -0.15) is 0 Å². The van der Waals surface area contributed by atoms with Gasteiger partial charge in [0.2, 0.25) is 0 Å². The zero-order valence-electron chi connectivity index (χ0n) is 9.73. The number of carbonyl (C=O) groups is 1. The molecule has 0 aliphatic heterocycles.